The summed E-state index contributed by atoms with van der Waals surface area (Å²) in [5.74, 6) is 0.797. The minimum absolute atomic E-state index is 0.132. The molecule has 0 radical (unpaired) electrons. The first-order valence-corrected chi connectivity index (χ1v) is 8.72. The van der Waals surface area contributed by atoms with Crippen molar-refractivity contribution in [2.75, 3.05) is 6.54 Å². The summed E-state index contributed by atoms with van der Waals surface area (Å²) < 4.78 is 1.90. The summed E-state index contributed by atoms with van der Waals surface area (Å²) in [5.41, 5.74) is 6.51. The molecule has 1 aliphatic carbocycles. The van der Waals surface area contributed by atoms with Gasteiger partial charge < -0.3 is 4.90 Å². The van der Waals surface area contributed by atoms with Crippen LogP contribution < -0.4 is 0 Å². The van der Waals surface area contributed by atoms with Gasteiger partial charge in [-0.2, -0.15) is 5.10 Å². The molecule has 24 heavy (non-hydrogen) atoms. The fourth-order valence-corrected chi connectivity index (χ4v) is 3.13. The van der Waals surface area contributed by atoms with Crippen LogP contribution in [0.15, 0.2) is 18.2 Å². The zero-order valence-corrected chi connectivity index (χ0v) is 15.4. The highest BCUT2D eigenvalue weighted by Crippen LogP contribution is 2.31. The van der Waals surface area contributed by atoms with Gasteiger partial charge in [-0.05, 0) is 69.7 Å². The molecule has 2 aromatic rings. The van der Waals surface area contributed by atoms with Gasteiger partial charge in [-0.15, -0.1) is 0 Å². The third kappa shape index (κ3) is 3.37. The zero-order valence-electron chi connectivity index (χ0n) is 15.4. The van der Waals surface area contributed by atoms with Gasteiger partial charge in [0.05, 0.1) is 5.69 Å². The lowest BCUT2D eigenvalue weighted by Gasteiger charge is -2.23. The van der Waals surface area contributed by atoms with Gasteiger partial charge in [-0.3, -0.25) is 9.48 Å². The lowest BCUT2D eigenvalue weighted by atomic mass is 10.0. The lowest BCUT2D eigenvalue weighted by Crippen LogP contribution is -2.33. The van der Waals surface area contributed by atoms with Gasteiger partial charge in [-0.1, -0.05) is 6.07 Å². The van der Waals surface area contributed by atoms with E-state index < -0.39 is 0 Å². The molecule has 0 atom stereocenters. The van der Waals surface area contributed by atoms with Gasteiger partial charge in [0.1, 0.15) is 0 Å². The molecule has 0 aliphatic heterocycles. The minimum Gasteiger partial charge on any atom is -0.334 e. The quantitative estimate of drug-likeness (QED) is 0.840. The number of benzene rings is 1. The predicted octanol–water partition coefficient (Wildman–Crippen LogP) is 3.71. The normalized spacial score (nSPS) is 14.0. The second-order valence-electron chi connectivity index (χ2n) is 7.20. The Morgan fingerprint density at radius 3 is 2.46 bits per heavy atom. The molecule has 1 heterocycles. The van der Waals surface area contributed by atoms with Gasteiger partial charge in [0.2, 0.25) is 0 Å². The first kappa shape index (κ1) is 16.7. The number of nitrogens with zero attached hydrogens (tertiary/aromatic N) is 3. The van der Waals surface area contributed by atoms with E-state index in [0.29, 0.717) is 12.5 Å². The molecule has 0 N–H and O–H groups in total. The molecule has 4 nitrogen and oxygen atoms in total. The smallest absolute Gasteiger partial charge is 0.254 e. The maximum Gasteiger partial charge on any atom is 0.254 e. The van der Waals surface area contributed by atoms with Crippen LogP contribution in [0.1, 0.15) is 51.3 Å². The van der Waals surface area contributed by atoms with E-state index in [1.165, 1.54) is 29.5 Å². The van der Waals surface area contributed by atoms with Crippen molar-refractivity contribution in [2.24, 2.45) is 13.0 Å². The van der Waals surface area contributed by atoms with Crippen molar-refractivity contribution in [2.45, 2.75) is 47.1 Å². The Balaban J connectivity index is 1.87. The third-order valence-electron chi connectivity index (χ3n) is 5.22. The van der Waals surface area contributed by atoms with Gasteiger partial charge >= 0.3 is 0 Å². The van der Waals surface area contributed by atoms with E-state index in [0.717, 1.165) is 23.5 Å². The number of aromatic nitrogens is 2. The van der Waals surface area contributed by atoms with Gasteiger partial charge in [-0.25, -0.2) is 0 Å². The molecule has 1 aliphatic rings. The van der Waals surface area contributed by atoms with Crippen LogP contribution in [0.3, 0.4) is 0 Å². The molecule has 4 heteroatoms. The Morgan fingerprint density at radius 1 is 1.21 bits per heavy atom. The average molecular weight is 325 g/mol. The highest BCUT2D eigenvalue weighted by Gasteiger charge is 2.28. The summed E-state index contributed by atoms with van der Waals surface area (Å²) in [5, 5.41) is 4.49. The largest absolute Gasteiger partial charge is 0.334 e. The monoisotopic (exact) mass is 325 g/mol. The Kier molecular flexibility index (Phi) is 4.48. The zero-order chi connectivity index (χ0) is 17.4. The predicted molar refractivity (Wildman–Crippen MR) is 96.1 cm³/mol. The molecule has 128 valence electrons. The van der Waals surface area contributed by atoms with Crippen LogP contribution in [0.2, 0.25) is 0 Å². The van der Waals surface area contributed by atoms with Crippen LogP contribution in [-0.4, -0.2) is 27.1 Å². The van der Waals surface area contributed by atoms with E-state index in [1.54, 1.807) is 0 Å². The Labute approximate surface area is 144 Å². The molecular formula is C20H27N3O. The number of carbonyl (C=O) groups excluding carboxylic acids is 1. The SMILES string of the molecule is Cc1ccc(C(=O)N(Cc2c(C)nn(C)c2C)CC2CC2)cc1C. The van der Waals surface area contributed by atoms with Crippen molar-refractivity contribution in [3.63, 3.8) is 0 Å². The van der Waals surface area contributed by atoms with Gasteiger partial charge in [0, 0.05) is 37.0 Å². The first-order chi connectivity index (χ1) is 11.4. The molecule has 1 fully saturated rings. The number of carbonyl (C=O) groups is 1. The van der Waals surface area contributed by atoms with Crippen LogP contribution >= 0.6 is 0 Å². The van der Waals surface area contributed by atoms with Gasteiger partial charge in [0.25, 0.3) is 5.91 Å². The van der Waals surface area contributed by atoms with E-state index in [9.17, 15) is 4.79 Å². The van der Waals surface area contributed by atoms with Crippen LogP contribution in [-0.2, 0) is 13.6 Å². The Bertz CT molecular complexity index is 771. The first-order valence-electron chi connectivity index (χ1n) is 8.72. The summed E-state index contributed by atoms with van der Waals surface area (Å²) >= 11 is 0. The van der Waals surface area contributed by atoms with Crippen molar-refractivity contribution < 1.29 is 4.79 Å². The molecule has 1 aromatic heterocycles. The van der Waals surface area contributed by atoms with Crippen molar-refractivity contribution >= 4 is 5.91 Å². The fourth-order valence-electron chi connectivity index (χ4n) is 3.13. The van der Waals surface area contributed by atoms with E-state index in [2.05, 4.69) is 25.9 Å². The van der Waals surface area contributed by atoms with Crippen molar-refractivity contribution in [1.29, 1.82) is 0 Å². The molecule has 3 rings (SSSR count). The summed E-state index contributed by atoms with van der Waals surface area (Å²) in [6, 6.07) is 6.01. The average Bonchev–Trinajstić information content (AvgIpc) is 3.32. The van der Waals surface area contributed by atoms with E-state index in [4.69, 9.17) is 0 Å². The van der Waals surface area contributed by atoms with Crippen LogP contribution in [0.4, 0.5) is 0 Å². The Hall–Kier alpha value is -2.10. The summed E-state index contributed by atoms with van der Waals surface area (Å²) in [4.78, 5) is 15.1. The third-order valence-corrected chi connectivity index (χ3v) is 5.22. The number of hydrogen-bond donors (Lipinski definition) is 0. The summed E-state index contributed by atoms with van der Waals surface area (Å²) in [7, 11) is 1.96. The van der Waals surface area contributed by atoms with Crippen molar-refractivity contribution in [3.05, 3.63) is 51.8 Å². The molecular weight excluding hydrogens is 298 g/mol. The topological polar surface area (TPSA) is 38.1 Å². The Morgan fingerprint density at radius 2 is 1.92 bits per heavy atom. The molecule has 1 amide bonds. The molecule has 0 bridgehead atoms. The maximum absolute atomic E-state index is 13.1. The molecule has 1 aromatic carbocycles. The lowest BCUT2D eigenvalue weighted by molar-refractivity contribution is 0.0734. The standard InChI is InChI=1S/C20H27N3O/c1-13-6-9-18(10-14(13)2)20(24)23(11-17-7-8-17)12-19-15(3)21-22(5)16(19)4/h6,9-10,17H,7-8,11-12H2,1-5H3. The molecule has 1 saturated carbocycles. The van der Waals surface area contributed by atoms with Crippen LogP contribution in [0, 0.1) is 33.6 Å². The fraction of sp³-hybridized carbons (Fsp3) is 0.500. The van der Waals surface area contributed by atoms with E-state index in [1.807, 2.05) is 41.8 Å². The van der Waals surface area contributed by atoms with Crippen LogP contribution in [0.5, 0.6) is 0 Å². The molecule has 0 unspecified atom stereocenters. The second kappa shape index (κ2) is 6.42. The molecule has 0 spiro atoms. The number of amides is 1. The summed E-state index contributed by atoms with van der Waals surface area (Å²) in [6.45, 7) is 9.73. The second-order valence-corrected chi connectivity index (χ2v) is 7.20. The highest BCUT2D eigenvalue weighted by atomic mass is 16.2. The van der Waals surface area contributed by atoms with E-state index >= 15 is 0 Å². The van der Waals surface area contributed by atoms with Gasteiger partial charge in [0.15, 0.2) is 0 Å². The number of aryl methyl sites for hydroxylation is 4. The number of hydrogen-bond acceptors (Lipinski definition) is 2. The number of rotatable bonds is 5. The van der Waals surface area contributed by atoms with E-state index in [-0.39, 0.29) is 5.91 Å². The van der Waals surface area contributed by atoms with Crippen molar-refractivity contribution in [1.82, 2.24) is 14.7 Å². The minimum atomic E-state index is 0.132. The van der Waals surface area contributed by atoms with Crippen LogP contribution in [0.25, 0.3) is 0 Å². The molecule has 0 saturated heterocycles. The summed E-state index contributed by atoms with van der Waals surface area (Å²) in [6.07, 6.45) is 2.48. The highest BCUT2D eigenvalue weighted by molar-refractivity contribution is 5.94. The van der Waals surface area contributed by atoms with Crippen molar-refractivity contribution in [3.8, 4) is 0 Å². The maximum atomic E-state index is 13.1.